The second kappa shape index (κ2) is 6.36. The van der Waals surface area contributed by atoms with Crippen LogP contribution in [0.5, 0.6) is 0 Å². The Morgan fingerprint density at radius 1 is 1.41 bits per heavy atom. The van der Waals surface area contributed by atoms with Crippen molar-refractivity contribution in [2.24, 2.45) is 5.41 Å². The first-order valence-electron chi connectivity index (χ1n) is 5.99. The maximum Gasteiger partial charge on any atom is 0.0635 e. The summed E-state index contributed by atoms with van der Waals surface area (Å²) in [6.07, 6.45) is 4.26. The standard InChI is InChI=1S/C14H21N3/c1-14(2,3)12-17(9-5-7-15)11-13-6-4-8-16-10-13/h4,6,8,10H,5,9,11-12H2,1-3H3. The molecule has 0 bridgehead atoms. The van der Waals surface area contributed by atoms with E-state index in [4.69, 9.17) is 5.26 Å². The molecule has 0 aliphatic heterocycles. The number of pyridine rings is 1. The number of hydrogen-bond acceptors (Lipinski definition) is 3. The molecule has 92 valence electrons. The zero-order valence-corrected chi connectivity index (χ0v) is 11.0. The molecule has 1 aromatic heterocycles. The summed E-state index contributed by atoms with van der Waals surface area (Å²) in [5.74, 6) is 0. The highest BCUT2D eigenvalue weighted by Crippen LogP contribution is 2.17. The fraction of sp³-hybridized carbons (Fsp3) is 0.571. The Hall–Kier alpha value is -1.40. The molecule has 0 saturated heterocycles. The molecule has 0 N–H and O–H groups in total. The molecule has 0 amide bonds. The van der Waals surface area contributed by atoms with Gasteiger partial charge in [0.2, 0.25) is 0 Å². The minimum absolute atomic E-state index is 0.248. The minimum Gasteiger partial charge on any atom is -0.297 e. The topological polar surface area (TPSA) is 39.9 Å². The monoisotopic (exact) mass is 231 g/mol. The van der Waals surface area contributed by atoms with Crippen LogP contribution in [0.15, 0.2) is 24.5 Å². The van der Waals surface area contributed by atoms with Crippen molar-refractivity contribution < 1.29 is 0 Å². The lowest BCUT2D eigenvalue weighted by Gasteiger charge is -2.29. The Labute approximate surface area is 104 Å². The van der Waals surface area contributed by atoms with E-state index in [1.807, 2.05) is 12.3 Å². The number of nitriles is 1. The van der Waals surface area contributed by atoms with Gasteiger partial charge in [0, 0.05) is 38.4 Å². The van der Waals surface area contributed by atoms with E-state index in [-0.39, 0.29) is 5.41 Å². The Kier molecular flexibility index (Phi) is 5.11. The van der Waals surface area contributed by atoms with Crippen molar-refractivity contribution >= 4 is 0 Å². The van der Waals surface area contributed by atoms with Crippen LogP contribution in [0.4, 0.5) is 0 Å². The summed E-state index contributed by atoms with van der Waals surface area (Å²) in [6, 6.07) is 6.24. The molecular weight excluding hydrogens is 210 g/mol. The fourth-order valence-electron chi connectivity index (χ4n) is 1.84. The largest absolute Gasteiger partial charge is 0.297 e. The van der Waals surface area contributed by atoms with E-state index < -0.39 is 0 Å². The van der Waals surface area contributed by atoms with Gasteiger partial charge in [0.25, 0.3) is 0 Å². The zero-order chi connectivity index (χ0) is 12.7. The highest BCUT2D eigenvalue weighted by Gasteiger charge is 2.16. The fourth-order valence-corrected chi connectivity index (χ4v) is 1.84. The normalized spacial score (nSPS) is 11.5. The van der Waals surface area contributed by atoms with Gasteiger partial charge in [-0.2, -0.15) is 5.26 Å². The molecule has 0 aromatic carbocycles. The number of rotatable bonds is 5. The first kappa shape index (κ1) is 13.7. The first-order valence-corrected chi connectivity index (χ1v) is 5.99. The molecule has 17 heavy (non-hydrogen) atoms. The van der Waals surface area contributed by atoms with E-state index in [9.17, 15) is 0 Å². The van der Waals surface area contributed by atoms with Crippen molar-refractivity contribution in [3.63, 3.8) is 0 Å². The maximum atomic E-state index is 8.69. The van der Waals surface area contributed by atoms with E-state index in [0.29, 0.717) is 6.42 Å². The Bertz CT molecular complexity index is 359. The van der Waals surface area contributed by atoms with Gasteiger partial charge in [-0.15, -0.1) is 0 Å². The molecule has 3 heteroatoms. The van der Waals surface area contributed by atoms with E-state index in [2.05, 4.69) is 42.8 Å². The summed E-state index contributed by atoms with van der Waals surface area (Å²) in [7, 11) is 0. The quantitative estimate of drug-likeness (QED) is 0.782. The Balaban J connectivity index is 2.61. The predicted molar refractivity (Wildman–Crippen MR) is 69.2 cm³/mol. The zero-order valence-electron chi connectivity index (χ0n) is 11.0. The SMILES string of the molecule is CC(C)(C)CN(CCC#N)Cc1cccnc1. The summed E-state index contributed by atoms with van der Waals surface area (Å²) in [6.45, 7) is 9.33. The van der Waals surface area contributed by atoms with Crippen LogP contribution >= 0.6 is 0 Å². The van der Waals surface area contributed by atoms with Gasteiger partial charge in [-0.1, -0.05) is 26.8 Å². The smallest absolute Gasteiger partial charge is 0.0635 e. The Morgan fingerprint density at radius 2 is 2.18 bits per heavy atom. The van der Waals surface area contributed by atoms with Crippen molar-refractivity contribution in [3.05, 3.63) is 30.1 Å². The summed E-state index contributed by atoms with van der Waals surface area (Å²) in [5.41, 5.74) is 1.45. The van der Waals surface area contributed by atoms with Crippen LogP contribution in [0.1, 0.15) is 32.8 Å². The summed E-state index contributed by atoms with van der Waals surface area (Å²) in [5, 5.41) is 8.69. The van der Waals surface area contributed by atoms with Crippen molar-refractivity contribution in [2.45, 2.75) is 33.7 Å². The van der Waals surface area contributed by atoms with Gasteiger partial charge < -0.3 is 0 Å². The van der Waals surface area contributed by atoms with E-state index in [1.54, 1.807) is 6.20 Å². The molecule has 1 rings (SSSR count). The molecule has 0 saturated carbocycles. The molecule has 1 aromatic rings. The molecule has 0 unspecified atom stereocenters. The number of hydrogen-bond donors (Lipinski definition) is 0. The van der Waals surface area contributed by atoms with Crippen LogP contribution in [-0.2, 0) is 6.54 Å². The predicted octanol–water partition coefficient (Wildman–Crippen LogP) is 2.84. The van der Waals surface area contributed by atoms with E-state index in [0.717, 1.165) is 19.6 Å². The van der Waals surface area contributed by atoms with Gasteiger partial charge in [-0.3, -0.25) is 9.88 Å². The third-order valence-corrected chi connectivity index (χ3v) is 2.37. The summed E-state index contributed by atoms with van der Waals surface area (Å²) >= 11 is 0. The number of nitrogens with zero attached hydrogens (tertiary/aromatic N) is 3. The molecule has 1 heterocycles. The van der Waals surface area contributed by atoms with Crippen molar-refractivity contribution in [3.8, 4) is 6.07 Å². The lowest BCUT2D eigenvalue weighted by atomic mass is 9.96. The van der Waals surface area contributed by atoms with Crippen LogP contribution in [0.3, 0.4) is 0 Å². The second-order valence-electron chi connectivity index (χ2n) is 5.54. The van der Waals surface area contributed by atoms with E-state index in [1.165, 1.54) is 5.56 Å². The van der Waals surface area contributed by atoms with Crippen LogP contribution < -0.4 is 0 Å². The molecule has 0 aliphatic carbocycles. The highest BCUT2D eigenvalue weighted by atomic mass is 15.1. The second-order valence-corrected chi connectivity index (χ2v) is 5.54. The maximum absolute atomic E-state index is 8.69. The average Bonchev–Trinajstić information content (AvgIpc) is 2.25. The molecule has 0 atom stereocenters. The van der Waals surface area contributed by atoms with Crippen molar-refractivity contribution in [2.75, 3.05) is 13.1 Å². The van der Waals surface area contributed by atoms with Crippen LogP contribution in [-0.4, -0.2) is 23.0 Å². The van der Waals surface area contributed by atoms with Gasteiger partial charge in [0.05, 0.1) is 6.07 Å². The number of aromatic nitrogens is 1. The summed E-state index contributed by atoms with van der Waals surface area (Å²) < 4.78 is 0. The van der Waals surface area contributed by atoms with Crippen molar-refractivity contribution in [1.82, 2.24) is 9.88 Å². The minimum atomic E-state index is 0.248. The van der Waals surface area contributed by atoms with E-state index >= 15 is 0 Å². The van der Waals surface area contributed by atoms with Gasteiger partial charge in [-0.25, -0.2) is 0 Å². The summed E-state index contributed by atoms with van der Waals surface area (Å²) in [4.78, 5) is 6.44. The molecule has 0 fully saturated rings. The molecule has 0 aliphatic rings. The van der Waals surface area contributed by atoms with Crippen LogP contribution in [0.2, 0.25) is 0 Å². The molecule has 0 spiro atoms. The highest BCUT2D eigenvalue weighted by molar-refractivity contribution is 5.08. The van der Waals surface area contributed by atoms with Gasteiger partial charge in [0.1, 0.15) is 0 Å². The Morgan fingerprint density at radius 3 is 2.71 bits per heavy atom. The van der Waals surface area contributed by atoms with Gasteiger partial charge >= 0.3 is 0 Å². The van der Waals surface area contributed by atoms with Gasteiger partial charge in [0.15, 0.2) is 0 Å². The molecule has 0 radical (unpaired) electrons. The average molecular weight is 231 g/mol. The first-order chi connectivity index (χ1) is 8.01. The van der Waals surface area contributed by atoms with Crippen molar-refractivity contribution in [1.29, 1.82) is 5.26 Å². The third-order valence-electron chi connectivity index (χ3n) is 2.37. The van der Waals surface area contributed by atoms with Gasteiger partial charge in [-0.05, 0) is 17.0 Å². The lowest BCUT2D eigenvalue weighted by molar-refractivity contribution is 0.187. The van der Waals surface area contributed by atoms with Crippen LogP contribution in [0, 0.1) is 16.7 Å². The molecule has 3 nitrogen and oxygen atoms in total. The van der Waals surface area contributed by atoms with Crippen LogP contribution in [0.25, 0.3) is 0 Å². The third kappa shape index (κ3) is 6.03. The molecular formula is C14H21N3. The lowest BCUT2D eigenvalue weighted by Crippen LogP contribution is -2.33.